The number of hydrogen-bond donors (Lipinski definition) is 2. The highest BCUT2D eigenvalue weighted by molar-refractivity contribution is 7.80. The molecule has 1 fully saturated rings. The van der Waals surface area contributed by atoms with Crippen molar-refractivity contribution in [2.45, 2.75) is 0 Å². The third kappa shape index (κ3) is 2.63. The summed E-state index contributed by atoms with van der Waals surface area (Å²) in [5.74, 6) is 0.594. The van der Waals surface area contributed by atoms with Crippen molar-refractivity contribution in [2.24, 2.45) is 5.73 Å². The summed E-state index contributed by atoms with van der Waals surface area (Å²) in [4.78, 5) is 0.311. The Morgan fingerprint density at radius 2 is 2.25 bits per heavy atom. The topological polar surface area (TPSA) is 76.3 Å². The van der Waals surface area contributed by atoms with Crippen LogP contribution in [0, 0.1) is 0 Å². The van der Waals surface area contributed by atoms with Crippen LogP contribution in [0.1, 0.15) is 5.56 Å². The standard InChI is InChI=1S/C9H13N5OS/c10-8(16)7-1-2-11-12-9(7)13-14-3-5-15-6-4-14/h1-2H,3-6H2,(H2,10,16)(H,12,13). The van der Waals surface area contributed by atoms with E-state index in [1.54, 1.807) is 12.3 Å². The molecule has 6 nitrogen and oxygen atoms in total. The maximum Gasteiger partial charge on any atom is 0.173 e. The zero-order chi connectivity index (χ0) is 11.4. The molecule has 0 bridgehead atoms. The first-order valence-electron chi connectivity index (χ1n) is 4.98. The van der Waals surface area contributed by atoms with Gasteiger partial charge in [-0.15, -0.1) is 5.10 Å². The first-order valence-corrected chi connectivity index (χ1v) is 5.39. The quantitative estimate of drug-likeness (QED) is 0.705. The second-order valence-corrected chi connectivity index (χ2v) is 3.81. The highest BCUT2D eigenvalue weighted by Gasteiger charge is 2.13. The zero-order valence-electron chi connectivity index (χ0n) is 8.72. The Morgan fingerprint density at radius 1 is 1.50 bits per heavy atom. The van der Waals surface area contributed by atoms with E-state index in [9.17, 15) is 0 Å². The Labute approximate surface area is 98.8 Å². The molecule has 0 unspecified atom stereocenters. The van der Waals surface area contributed by atoms with Crippen LogP contribution in [-0.2, 0) is 4.74 Å². The lowest BCUT2D eigenvalue weighted by Crippen LogP contribution is -2.41. The molecular formula is C9H13N5OS. The minimum Gasteiger partial charge on any atom is -0.389 e. The van der Waals surface area contributed by atoms with E-state index in [2.05, 4.69) is 15.6 Å². The first kappa shape index (κ1) is 11.2. The number of nitrogens with two attached hydrogens (primary N) is 1. The van der Waals surface area contributed by atoms with Crippen molar-refractivity contribution in [3.8, 4) is 0 Å². The Hall–Kier alpha value is -1.31. The summed E-state index contributed by atoms with van der Waals surface area (Å²) in [7, 11) is 0. The second-order valence-electron chi connectivity index (χ2n) is 3.37. The number of thiocarbonyl (C=S) groups is 1. The number of ether oxygens (including phenoxy) is 1. The van der Waals surface area contributed by atoms with Crippen LogP contribution in [0.4, 0.5) is 5.82 Å². The third-order valence-corrected chi connectivity index (χ3v) is 2.48. The van der Waals surface area contributed by atoms with Crippen molar-refractivity contribution in [3.63, 3.8) is 0 Å². The summed E-state index contributed by atoms with van der Waals surface area (Å²) in [6, 6.07) is 1.75. The van der Waals surface area contributed by atoms with E-state index < -0.39 is 0 Å². The first-order chi connectivity index (χ1) is 7.77. The lowest BCUT2D eigenvalue weighted by atomic mass is 10.3. The number of rotatable bonds is 3. The van der Waals surface area contributed by atoms with E-state index in [1.807, 2.05) is 5.01 Å². The number of anilines is 1. The van der Waals surface area contributed by atoms with Crippen molar-refractivity contribution in [1.29, 1.82) is 0 Å². The van der Waals surface area contributed by atoms with Crippen LogP contribution >= 0.6 is 12.2 Å². The van der Waals surface area contributed by atoms with Crippen molar-refractivity contribution in [3.05, 3.63) is 17.8 Å². The van der Waals surface area contributed by atoms with Crippen molar-refractivity contribution < 1.29 is 4.74 Å². The summed E-state index contributed by atoms with van der Waals surface area (Å²) in [5, 5.41) is 9.80. The molecule has 1 aliphatic rings. The number of nitrogens with zero attached hydrogens (tertiary/aromatic N) is 3. The van der Waals surface area contributed by atoms with Gasteiger partial charge in [-0.05, 0) is 6.07 Å². The number of aromatic nitrogens is 2. The molecule has 1 saturated heterocycles. The normalized spacial score (nSPS) is 17.0. The second kappa shape index (κ2) is 5.15. The lowest BCUT2D eigenvalue weighted by molar-refractivity contribution is 0.0494. The van der Waals surface area contributed by atoms with Crippen LogP contribution in [0.15, 0.2) is 12.3 Å². The van der Waals surface area contributed by atoms with E-state index in [4.69, 9.17) is 22.7 Å². The molecule has 0 atom stereocenters. The van der Waals surface area contributed by atoms with Gasteiger partial charge in [0.05, 0.1) is 25.0 Å². The van der Waals surface area contributed by atoms with Gasteiger partial charge in [0.2, 0.25) is 0 Å². The summed E-state index contributed by atoms with van der Waals surface area (Å²) in [6.45, 7) is 3.01. The fourth-order valence-corrected chi connectivity index (χ4v) is 1.60. The highest BCUT2D eigenvalue weighted by Crippen LogP contribution is 2.11. The molecule has 1 aromatic heterocycles. The van der Waals surface area contributed by atoms with E-state index in [-0.39, 0.29) is 0 Å². The van der Waals surface area contributed by atoms with Crippen molar-refractivity contribution in [2.75, 3.05) is 31.7 Å². The summed E-state index contributed by atoms with van der Waals surface area (Å²) in [5.41, 5.74) is 9.45. The fourth-order valence-electron chi connectivity index (χ4n) is 1.44. The molecule has 16 heavy (non-hydrogen) atoms. The number of morpholine rings is 1. The minimum absolute atomic E-state index is 0.311. The molecule has 7 heteroatoms. The fraction of sp³-hybridized carbons (Fsp3) is 0.444. The molecule has 1 aliphatic heterocycles. The molecule has 0 radical (unpaired) electrons. The Bertz CT molecular complexity index is 380. The van der Waals surface area contributed by atoms with Gasteiger partial charge >= 0.3 is 0 Å². The predicted octanol–water partition coefficient (Wildman–Crippen LogP) is -0.230. The maximum absolute atomic E-state index is 5.60. The summed E-state index contributed by atoms with van der Waals surface area (Å²) >= 11 is 4.94. The van der Waals surface area contributed by atoms with Crippen molar-refractivity contribution in [1.82, 2.24) is 15.2 Å². The smallest absolute Gasteiger partial charge is 0.173 e. The monoisotopic (exact) mass is 239 g/mol. The van der Waals surface area contributed by atoms with Crippen LogP contribution in [0.25, 0.3) is 0 Å². The van der Waals surface area contributed by atoms with Gasteiger partial charge in [0.15, 0.2) is 5.82 Å². The molecule has 2 heterocycles. The molecule has 0 aliphatic carbocycles. The molecule has 1 aromatic rings. The Balaban J connectivity index is 2.10. The van der Waals surface area contributed by atoms with Crippen LogP contribution in [-0.4, -0.2) is 46.5 Å². The molecular weight excluding hydrogens is 226 g/mol. The third-order valence-electron chi connectivity index (χ3n) is 2.26. The number of hydrazine groups is 1. The molecule has 2 rings (SSSR count). The molecule has 3 N–H and O–H groups in total. The largest absolute Gasteiger partial charge is 0.389 e. The van der Waals surface area contributed by atoms with E-state index in [0.29, 0.717) is 29.6 Å². The summed E-state index contributed by atoms with van der Waals surface area (Å²) < 4.78 is 5.25. The molecule has 86 valence electrons. The van der Waals surface area contributed by atoms with Gasteiger partial charge in [-0.2, -0.15) is 5.10 Å². The number of hydrogen-bond acceptors (Lipinski definition) is 6. The summed E-state index contributed by atoms with van der Waals surface area (Å²) in [6.07, 6.45) is 1.57. The lowest BCUT2D eigenvalue weighted by Gasteiger charge is -2.27. The van der Waals surface area contributed by atoms with E-state index in [0.717, 1.165) is 13.1 Å². The van der Waals surface area contributed by atoms with Crippen LogP contribution in [0.5, 0.6) is 0 Å². The average Bonchev–Trinajstić information content (AvgIpc) is 2.31. The maximum atomic E-state index is 5.60. The van der Waals surface area contributed by atoms with Gasteiger partial charge in [0.25, 0.3) is 0 Å². The van der Waals surface area contributed by atoms with Gasteiger partial charge in [0, 0.05) is 13.1 Å². The van der Waals surface area contributed by atoms with Gasteiger partial charge < -0.3 is 15.9 Å². The molecule has 0 saturated carbocycles. The average molecular weight is 239 g/mol. The zero-order valence-corrected chi connectivity index (χ0v) is 9.54. The van der Waals surface area contributed by atoms with Gasteiger partial charge in [-0.1, -0.05) is 12.2 Å². The highest BCUT2D eigenvalue weighted by atomic mass is 32.1. The Kier molecular flexibility index (Phi) is 3.60. The van der Waals surface area contributed by atoms with Crippen LogP contribution in [0.2, 0.25) is 0 Å². The molecule has 0 spiro atoms. The van der Waals surface area contributed by atoms with E-state index in [1.165, 1.54) is 0 Å². The number of nitrogens with one attached hydrogen (secondary N) is 1. The molecule has 0 aromatic carbocycles. The molecule has 0 amide bonds. The Morgan fingerprint density at radius 3 is 2.94 bits per heavy atom. The van der Waals surface area contributed by atoms with E-state index >= 15 is 0 Å². The SMILES string of the molecule is NC(=S)c1ccnnc1NN1CCOCC1. The van der Waals surface area contributed by atoms with Gasteiger partial charge in [-0.3, -0.25) is 0 Å². The van der Waals surface area contributed by atoms with Crippen LogP contribution < -0.4 is 11.2 Å². The minimum atomic E-state index is 0.311. The van der Waals surface area contributed by atoms with Gasteiger partial charge in [0.1, 0.15) is 4.99 Å². The van der Waals surface area contributed by atoms with Gasteiger partial charge in [-0.25, -0.2) is 5.01 Å². The van der Waals surface area contributed by atoms with Crippen molar-refractivity contribution >= 4 is 23.0 Å². The predicted molar refractivity (Wildman–Crippen MR) is 63.9 cm³/mol. The van der Waals surface area contributed by atoms with Crippen LogP contribution in [0.3, 0.4) is 0 Å².